The van der Waals surface area contributed by atoms with Crippen LogP contribution in [-0.2, 0) is 14.1 Å². The number of rotatable bonds is 8. The SMILES string of the molecule is COc1cc(OC)c(Cl)c(-c2ccc(=O)n(C)c2-c2c(F)cc(F)cc2F)c1.COc1cc(OC)cc(-c2ccc(=O)n(C)c2-c2c(F)cc(F)cc2F)c1. The first-order chi connectivity index (χ1) is 26.1. The van der Waals surface area contributed by atoms with E-state index in [1.807, 2.05) is 0 Å². The fraction of sp³-hybridized carbons (Fsp3) is 0.150. The summed E-state index contributed by atoms with van der Waals surface area (Å²) in [6.45, 7) is 0. The average molecular weight is 785 g/mol. The molecule has 0 amide bonds. The maximum Gasteiger partial charge on any atom is 0.250 e. The van der Waals surface area contributed by atoms with Crippen LogP contribution in [0.1, 0.15) is 0 Å². The van der Waals surface area contributed by atoms with E-state index >= 15 is 0 Å². The van der Waals surface area contributed by atoms with Gasteiger partial charge in [0.25, 0.3) is 11.1 Å². The highest BCUT2D eigenvalue weighted by Crippen LogP contribution is 2.43. The van der Waals surface area contributed by atoms with Crippen molar-refractivity contribution in [3.63, 3.8) is 0 Å². The molecule has 0 unspecified atom stereocenters. The molecule has 0 fully saturated rings. The quantitative estimate of drug-likeness (QED) is 0.144. The molecular weight excluding hydrogens is 754 g/mol. The van der Waals surface area contributed by atoms with E-state index in [0.29, 0.717) is 58.2 Å². The Morgan fingerprint density at radius 2 is 0.891 bits per heavy atom. The van der Waals surface area contributed by atoms with Gasteiger partial charge in [-0.15, -0.1) is 0 Å². The lowest BCUT2D eigenvalue weighted by molar-refractivity contribution is 0.394. The van der Waals surface area contributed by atoms with Gasteiger partial charge in [0.1, 0.15) is 57.9 Å². The molecule has 0 aliphatic carbocycles. The monoisotopic (exact) mass is 784 g/mol. The van der Waals surface area contributed by atoms with Crippen molar-refractivity contribution in [1.82, 2.24) is 9.13 Å². The van der Waals surface area contributed by atoms with E-state index in [2.05, 4.69) is 0 Å². The number of aromatic nitrogens is 2. The first kappa shape index (κ1) is 40.0. The molecule has 2 heterocycles. The van der Waals surface area contributed by atoms with Crippen molar-refractivity contribution < 1.29 is 45.3 Å². The Balaban J connectivity index is 0.000000211. The molecule has 0 spiro atoms. The summed E-state index contributed by atoms with van der Waals surface area (Å²) in [5.41, 5.74) is -0.686. The smallest absolute Gasteiger partial charge is 0.250 e. The predicted octanol–water partition coefficient (Wildman–Crippen LogP) is 8.96. The minimum Gasteiger partial charge on any atom is -0.497 e. The van der Waals surface area contributed by atoms with Gasteiger partial charge in [-0.2, -0.15) is 0 Å². The van der Waals surface area contributed by atoms with Crippen LogP contribution in [-0.4, -0.2) is 37.6 Å². The minimum absolute atomic E-state index is 0.0205. The minimum atomic E-state index is -1.15. The van der Waals surface area contributed by atoms with Gasteiger partial charge in [-0.25, -0.2) is 26.3 Å². The van der Waals surface area contributed by atoms with Crippen LogP contribution in [0, 0.1) is 34.9 Å². The molecule has 15 heteroatoms. The fourth-order valence-corrected chi connectivity index (χ4v) is 6.15. The summed E-state index contributed by atoms with van der Waals surface area (Å²) in [7, 11) is 8.54. The number of ether oxygens (including phenoxy) is 4. The van der Waals surface area contributed by atoms with Gasteiger partial charge in [-0.05, 0) is 35.9 Å². The van der Waals surface area contributed by atoms with Crippen LogP contribution < -0.4 is 30.1 Å². The average Bonchev–Trinajstić information content (AvgIpc) is 3.14. The molecule has 0 aliphatic rings. The molecular formula is C40H31ClF6N2O6. The van der Waals surface area contributed by atoms with Crippen LogP contribution in [0.25, 0.3) is 44.8 Å². The Kier molecular flexibility index (Phi) is 12.0. The van der Waals surface area contributed by atoms with E-state index in [4.69, 9.17) is 30.5 Å². The second kappa shape index (κ2) is 16.5. The van der Waals surface area contributed by atoms with Crippen molar-refractivity contribution in [2.24, 2.45) is 14.1 Å². The summed E-state index contributed by atoms with van der Waals surface area (Å²) in [5, 5.41) is 0.158. The summed E-state index contributed by atoms with van der Waals surface area (Å²) in [5.74, 6) is -5.03. The van der Waals surface area contributed by atoms with Crippen molar-refractivity contribution in [2.45, 2.75) is 0 Å². The lowest BCUT2D eigenvalue weighted by atomic mass is 9.97. The molecule has 6 rings (SSSR count). The molecule has 0 N–H and O–H groups in total. The highest BCUT2D eigenvalue weighted by Gasteiger charge is 2.24. The molecule has 0 saturated carbocycles. The van der Waals surface area contributed by atoms with Crippen LogP contribution in [0.5, 0.6) is 23.0 Å². The first-order valence-electron chi connectivity index (χ1n) is 16.0. The number of hydrogen-bond donors (Lipinski definition) is 0. The normalized spacial score (nSPS) is 10.8. The zero-order valence-corrected chi connectivity index (χ0v) is 30.8. The zero-order chi connectivity index (χ0) is 40.3. The van der Waals surface area contributed by atoms with Gasteiger partial charge in [0.2, 0.25) is 0 Å². The van der Waals surface area contributed by atoms with Crippen molar-refractivity contribution in [3.05, 3.63) is 139 Å². The van der Waals surface area contributed by atoms with Gasteiger partial charge in [-0.3, -0.25) is 9.59 Å². The maximum absolute atomic E-state index is 14.5. The number of halogens is 7. The number of benzene rings is 4. The van der Waals surface area contributed by atoms with Gasteiger partial charge in [0.05, 0.1) is 56.0 Å². The summed E-state index contributed by atoms with van der Waals surface area (Å²) in [4.78, 5) is 24.3. The summed E-state index contributed by atoms with van der Waals surface area (Å²) < 4.78 is 108. The van der Waals surface area contributed by atoms with Crippen molar-refractivity contribution in [1.29, 1.82) is 0 Å². The van der Waals surface area contributed by atoms with E-state index in [1.165, 1.54) is 66.8 Å². The van der Waals surface area contributed by atoms with Gasteiger partial charge in [0, 0.05) is 79.3 Å². The third-order valence-corrected chi connectivity index (χ3v) is 8.93. The topological polar surface area (TPSA) is 80.9 Å². The van der Waals surface area contributed by atoms with Gasteiger partial charge in [-0.1, -0.05) is 11.6 Å². The molecule has 4 aromatic carbocycles. The zero-order valence-electron chi connectivity index (χ0n) is 30.0. The first-order valence-corrected chi connectivity index (χ1v) is 16.4. The second-order valence-electron chi connectivity index (χ2n) is 11.8. The standard InChI is InChI=1S/C20H15ClF3NO3.C20H16F3NO3/c1-25-17(26)5-4-12(13-8-11(27-2)9-16(28-3)19(13)21)20(25)18-14(23)6-10(22)7-15(18)24;1-24-18(25)5-4-15(11-6-13(26-2)10-14(7-11)27-3)20(24)19-16(22)8-12(21)9-17(19)23/h4-9H,1-3H3;4-10H,1-3H3. The van der Waals surface area contributed by atoms with Crippen LogP contribution in [0.4, 0.5) is 26.3 Å². The van der Waals surface area contributed by atoms with Crippen LogP contribution in [0.15, 0.2) is 88.5 Å². The maximum atomic E-state index is 14.5. The predicted molar refractivity (Wildman–Crippen MR) is 196 cm³/mol. The highest BCUT2D eigenvalue weighted by atomic mass is 35.5. The Morgan fingerprint density at radius 3 is 1.31 bits per heavy atom. The molecule has 0 aliphatic heterocycles. The Bertz CT molecular complexity index is 2490. The highest BCUT2D eigenvalue weighted by molar-refractivity contribution is 6.35. The fourth-order valence-electron chi connectivity index (χ4n) is 5.86. The van der Waals surface area contributed by atoms with E-state index < -0.39 is 57.1 Å². The molecule has 0 bridgehead atoms. The molecule has 0 atom stereocenters. The van der Waals surface area contributed by atoms with E-state index in [0.717, 1.165) is 9.13 Å². The molecule has 286 valence electrons. The van der Waals surface area contributed by atoms with Gasteiger partial charge in [0.15, 0.2) is 0 Å². The number of methoxy groups -OCH3 is 4. The van der Waals surface area contributed by atoms with Gasteiger partial charge >= 0.3 is 0 Å². The molecule has 0 saturated heterocycles. The lowest BCUT2D eigenvalue weighted by Crippen LogP contribution is -2.19. The molecule has 2 aromatic heterocycles. The Hall–Kier alpha value is -6.15. The van der Waals surface area contributed by atoms with Crippen LogP contribution in [0.2, 0.25) is 5.02 Å². The van der Waals surface area contributed by atoms with Crippen molar-refractivity contribution >= 4 is 11.6 Å². The third kappa shape index (κ3) is 8.04. The van der Waals surface area contributed by atoms with Gasteiger partial charge < -0.3 is 28.1 Å². The van der Waals surface area contributed by atoms with Crippen molar-refractivity contribution in [2.75, 3.05) is 28.4 Å². The summed E-state index contributed by atoms with van der Waals surface area (Å²) >= 11 is 6.41. The van der Waals surface area contributed by atoms with E-state index in [9.17, 15) is 35.9 Å². The number of nitrogens with zero attached hydrogens (tertiary/aromatic N) is 2. The molecule has 55 heavy (non-hydrogen) atoms. The largest absolute Gasteiger partial charge is 0.497 e. The third-order valence-electron chi connectivity index (χ3n) is 8.54. The van der Waals surface area contributed by atoms with E-state index in [1.54, 1.807) is 30.3 Å². The molecule has 8 nitrogen and oxygen atoms in total. The van der Waals surface area contributed by atoms with Crippen LogP contribution in [0.3, 0.4) is 0 Å². The Labute approximate surface area is 315 Å². The van der Waals surface area contributed by atoms with Crippen molar-refractivity contribution in [3.8, 4) is 67.8 Å². The number of pyridine rings is 2. The summed E-state index contributed by atoms with van der Waals surface area (Å²) in [6.07, 6.45) is 0. The summed E-state index contributed by atoms with van der Waals surface area (Å²) in [6, 6.07) is 15.6. The Morgan fingerprint density at radius 1 is 0.491 bits per heavy atom. The van der Waals surface area contributed by atoms with Crippen LogP contribution >= 0.6 is 11.6 Å². The van der Waals surface area contributed by atoms with E-state index in [-0.39, 0.29) is 27.7 Å². The number of hydrogen-bond acceptors (Lipinski definition) is 6. The molecule has 0 radical (unpaired) electrons. The molecule has 6 aromatic rings. The lowest BCUT2D eigenvalue weighted by Gasteiger charge is -2.18. The second-order valence-corrected chi connectivity index (χ2v) is 12.1.